The van der Waals surface area contributed by atoms with Gasteiger partial charge in [-0.15, -0.1) is 0 Å². The van der Waals surface area contributed by atoms with Crippen molar-refractivity contribution in [1.82, 2.24) is 25.9 Å². The molecular formula is C19H31N7O7. The number of nitrogens with one attached hydrogen (secondary N) is 4. The van der Waals surface area contributed by atoms with Crippen LogP contribution in [0.4, 0.5) is 0 Å². The zero-order valence-corrected chi connectivity index (χ0v) is 18.4. The van der Waals surface area contributed by atoms with Crippen molar-refractivity contribution in [3.8, 4) is 0 Å². The van der Waals surface area contributed by atoms with Crippen molar-refractivity contribution in [2.24, 2.45) is 17.4 Å². The fourth-order valence-electron chi connectivity index (χ4n) is 2.82. The Morgan fingerprint density at radius 2 is 1.73 bits per heavy atom. The molecule has 0 saturated heterocycles. The number of amides is 4. The zero-order chi connectivity index (χ0) is 25.1. The molecule has 1 rings (SSSR count). The Hall–Kier alpha value is -3.52. The van der Waals surface area contributed by atoms with Gasteiger partial charge in [-0.25, -0.2) is 9.78 Å². The number of H-pyrrole nitrogens is 1. The Labute approximate surface area is 189 Å². The second kappa shape index (κ2) is 13.1. The number of imidazole rings is 1. The normalized spacial score (nSPS) is 15.4. The quantitative estimate of drug-likeness (QED) is 0.136. The second-order valence-corrected chi connectivity index (χ2v) is 7.57. The van der Waals surface area contributed by atoms with Crippen LogP contribution in [0.5, 0.6) is 0 Å². The van der Waals surface area contributed by atoms with Crippen molar-refractivity contribution in [2.45, 2.75) is 57.3 Å². The van der Waals surface area contributed by atoms with Gasteiger partial charge >= 0.3 is 5.97 Å². The Kier molecular flexibility index (Phi) is 10.9. The van der Waals surface area contributed by atoms with Crippen LogP contribution in [0.2, 0.25) is 0 Å². The fourth-order valence-corrected chi connectivity index (χ4v) is 2.82. The molecule has 1 aromatic heterocycles. The molecule has 5 atom stereocenters. The number of aromatic amines is 1. The minimum atomic E-state index is -1.57. The van der Waals surface area contributed by atoms with E-state index in [9.17, 15) is 29.1 Å². The summed E-state index contributed by atoms with van der Waals surface area (Å²) in [4.78, 5) is 66.9. The highest BCUT2D eigenvalue weighted by atomic mass is 16.4. The summed E-state index contributed by atoms with van der Waals surface area (Å²) >= 11 is 0. The predicted octanol–water partition coefficient (Wildman–Crippen LogP) is -3.27. The molecule has 33 heavy (non-hydrogen) atoms. The average molecular weight is 469 g/mol. The van der Waals surface area contributed by atoms with Crippen LogP contribution in [0, 0.1) is 5.92 Å². The van der Waals surface area contributed by atoms with Gasteiger partial charge in [0.1, 0.15) is 18.1 Å². The third-order valence-corrected chi connectivity index (χ3v) is 4.96. The monoisotopic (exact) mass is 469 g/mol. The summed E-state index contributed by atoms with van der Waals surface area (Å²) in [5, 5.41) is 25.4. The molecule has 0 aromatic carbocycles. The number of rotatable bonds is 14. The molecule has 0 saturated carbocycles. The molecule has 0 spiro atoms. The lowest BCUT2D eigenvalue weighted by atomic mass is 9.97. The maximum absolute atomic E-state index is 13.0. The van der Waals surface area contributed by atoms with Crippen LogP contribution < -0.4 is 27.4 Å². The van der Waals surface area contributed by atoms with Gasteiger partial charge in [-0.1, -0.05) is 20.3 Å². The van der Waals surface area contributed by atoms with Crippen molar-refractivity contribution >= 4 is 29.6 Å². The number of aromatic nitrogens is 2. The molecule has 10 N–H and O–H groups in total. The highest BCUT2D eigenvalue weighted by molar-refractivity contribution is 5.95. The maximum Gasteiger partial charge on any atom is 0.328 e. The van der Waals surface area contributed by atoms with Crippen LogP contribution in [-0.4, -0.2) is 80.6 Å². The van der Waals surface area contributed by atoms with Gasteiger partial charge in [-0.05, 0) is 5.92 Å². The smallest absolute Gasteiger partial charge is 0.328 e. The van der Waals surface area contributed by atoms with E-state index in [2.05, 4.69) is 25.9 Å². The molecule has 14 heteroatoms. The molecule has 0 fully saturated rings. The Balaban J connectivity index is 3.05. The Bertz CT molecular complexity index is 830. The summed E-state index contributed by atoms with van der Waals surface area (Å²) < 4.78 is 0. The van der Waals surface area contributed by atoms with Crippen LogP contribution in [0.3, 0.4) is 0 Å². The number of primary amides is 1. The first kappa shape index (κ1) is 27.5. The van der Waals surface area contributed by atoms with E-state index in [0.29, 0.717) is 12.1 Å². The summed E-state index contributed by atoms with van der Waals surface area (Å²) in [6, 6.07) is -5.19. The highest BCUT2D eigenvalue weighted by Crippen LogP contribution is 2.10. The van der Waals surface area contributed by atoms with Gasteiger partial charge < -0.3 is 42.6 Å². The molecule has 14 nitrogen and oxygen atoms in total. The fraction of sp³-hybridized carbons (Fsp3) is 0.579. The molecular weight excluding hydrogens is 438 g/mol. The minimum Gasteiger partial charge on any atom is -0.480 e. The number of carbonyl (C=O) groups excluding carboxylic acids is 4. The molecule has 0 aliphatic heterocycles. The molecule has 0 bridgehead atoms. The van der Waals surface area contributed by atoms with E-state index in [-0.39, 0.29) is 12.3 Å². The number of aliphatic hydroxyl groups excluding tert-OH is 1. The molecule has 1 heterocycles. The van der Waals surface area contributed by atoms with E-state index in [1.807, 2.05) is 0 Å². The van der Waals surface area contributed by atoms with Crippen LogP contribution in [-0.2, 0) is 30.4 Å². The van der Waals surface area contributed by atoms with Gasteiger partial charge in [-0.2, -0.15) is 0 Å². The minimum absolute atomic E-state index is 0.0717. The van der Waals surface area contributed by atoms with Crippen molar-refractivity contribution in [3.05, 3.63) is 18.2 Å². The number of hydrogen-bond acceptors (Lipinski definition) is 8. The van der Waals surface area contributed by atoms with Crippen LogP contribution in [0.1, 0.15) is 32.4 Å². The van der Waals surface area contributed by atoms with Crippen LogP contribution in [0.25, 0.3) is 0 Å². The summed E-state index contributed by atoms with van der Waals surface area (Å²) in [7, 11) is 0. The summed E-state index contributed by atoms with van der Waals surface area (Å²) in [6.07, 6.45) is 2.78. The lowest BCUT2D eigenvalue weighted by molar-refractivity contribution is -0.143. The van der Waals surface area contributed by atoms with Crippen LogP contribution in [0.15, 0.2) is 12.5 Å². The third kappa shape index (κ3) is 8.86. The molecule has 5 unspecified atom stereocenters. The van der Waals surface area contributed by atoms with Gasteiger partial charge in [0.2, 0.25) is 23.6 Å². The van der Waals surface area contributed by atoms with E-state index in [4.69, 9.17) is 16.6 Å². The van der Waals surface area contributed by atoms with Crippen molar-refractivity contribution in [2.75, 3.05) is 6.61 Å². The second-order valence-electron chi connectivity index (χ2n) is 7.57. The third-order valence-electron chi connectivity index (χ3n) is 4.96. The largest absolute Gasteiger partial charge is 0.480 e. The zero-order valence-electron chi connectivity index (χ0n) is 18.4. The predicted molar refractivity (Wildman–Crippen MR) is 114 cm³/mol. The molecule has 0 aliphatic carbocycles. The SMILES string of the molecule is CCC(C)C(NC(=O)C(N)CC(N)=O)C(=O)NC(Cc1cnc[nH]1)C(=O)NC(CO)C(=O)O. The maximum atomic E-state index is 13.0. The molecule has 184 valence electrons. The first-order chi connectivity index (χ1) is 15.5. The van der Waals surface area contributed by atoms with Crippen LogP contribution >= 0.6 is 0 Å². The van der Waals surface area contributed by atoms with Gasteiger partial charge in [0.05, 0.1) is 25.4 Å². The van der Waals surface area contributed by atoms with Crippen molar-refractivity contribution < 1.29 is 34.2 Å². The Morgan fingerprint density at radius 1 is 1.09 bits per heavy atom. The average Bonchev–Trinajstić information content (AvgIpc) is 3.26. The number of hydrogen-bond donors (Lipinski definition) is 8. The number of carboxylic acids is 1. The number of aliphatic hydroxyl groups is 1. The molecule has 1 aromatic rings. The van der Waals surface area contributed by atoms with Gasteiger partial charge in [-0.3, -0.25) is 19.2 Å². The van der Waals surface area contributed by atoms with Crippen molar-refractivity contribution in [1.29, 1.82) is 0 Å². The van der Waals surface area contributed by atoms with E-state index in [1.54, 1.807) is 13.8 Å². The lowest BCUT2D eigenvalue weighted by Crippen LogP contribution is -2.59. The highest BCUT2D eigenvalue weighted by Gasteiger charge is 2.32. The van der Waals surface area contributed by atoms with Crippen molar-refractivity contribution in [3.63, 3.8) is 0 Å². The van der Waals surface area contributed by atoms with Gasteiger partial charge in [0, 0.05) is 18.3 Å². The number of carboxylic acid groups (broad SMARTS) is 1. The van der Waals surface area contributed by atoms with E-state index >= 15 is 0 Å². The van der Waals surface area contributed by atoms with E-state index in [1.165, 1.54) is 12.5 Å². The standard InChI is InChI=1S/C19H31N7O7/c1-3-9(2)15(26-16(29)11(20)5-14(21)28)18(31)24-12(4-10-6-22-8-23-10)17(30)25-13(7-27)19(32)33/h6,8-9,11-13,15,27H,3-5,7,20H2,1-2H3,(H2,21,28)(H,22,23)(H,24,31)(H,25,30)(H,26,29)(H,32,33). The topological polar surface area (TPSA) is 243 Å². The first-order valence-electron chi connectivity index (χ1n) is 10.3. The Morgan fingerprint density at radius 3 is 2.21 bits per heavy atom. The number of aliphatic carboxylic acids is 1. The number of carbonyl (C=O) groups is 5. The summed E-state index contributed by atoms with van der Waals surface area (Å²) in [5.41, 5.74) is 11.2. The van der Waals surface area contributed by atoms with E-state index in [0.717, 1.165) is 0 Å². The van der Waals surface area contributed by atoms with Gasteiger partial charge in [0.15, 0.2) is 0 Å². The van der Waals surface area contributed by atoms with E-state index < -0.39 is 66.8 Å². The lowest BCUT2D eigenvalue weighted by Gasteiger charge is -2.27. The molecule has 4 amide bonds. The number of nitrogens with zero attached hydrogens (tertiary/aromatic N) is 1. The van der Waals surface area contributed by atoms with Gasteiger partial charge in [0.25, 0.3) is 0 Å². The number of nitrogens with two attached hydrogens (primary N) is 2. The molecule has 0 radical (unpaired) electrons. The first-order valence-corrected chi connectivity index (χ1v) is 10.3. The summed E-state index contributed by atoms with van der Waals surface area (Å²) in [6.45, 7) is 2.63. The molecule has 0 aliphatic rings. The summed E-state index contributed by atoms with van der Waals surface area (Å²) in [5.74, 6) is -4.97.